The highest BCUT2D eigenvalue weighted by Crippen LogP contribution is 2.22. The van der Waals surface area contributed by atoms with Gasteiger partial charge in [-0.25, -0.2) is 9.59 Å². The standard InChI is InChI=1S/C16H29N3O4/c1-16(2,3)23-14(20)17-12-6-9-19(11-12)13-5-4-8-18(10-7-13)15(21)22/h12-13H,4-11H2,1-3H3,(H,17,20)(H,21,22)/t12-,13+/m1/s1. The van der Waals surface area contributed by atoms with Gasteiger partial charge in [-0.05, 0) is 46.5 Å². The first-order chi connectivity index (χ1) is 10.7. The van der Waals surface area contributed by atoms with Gasteiger partial charge in [0.25, 0.3) is 0 Å². The maximum atomic E-state index is 11.8. The Morgan fingerprint density at radius 1 is 1.13 bits per heavy atom. The first kappa shape index (κ1) is 17.8. The molecule has 23 heavy (non-hydrogen) atoms. The lowest BCUT2D eigenvalue weighted by Gasteiger charge is -2.27. The molecule has 2 amide bonds. The average Bonchev–Trinajstić information content (AvgIpc) is 2.71. The highest BCUT2D eigenvalue weighted by atomic mass is 16.6. The minimum Gasteiger partial charge on any atom is -0.465 e. The van der Waals surface area contributed by atoms with Crippen molar-refractivity contribution in [2.45, 2.75) is 64.1 Å². The van der Waals surface area contributed by atoms with Crippen LogP contribution in [0, 0.1) is 0 Å². The van der Waals surface area contributed by atoms with E-state index in [9.17, 15) is 9.59 Å². The Bertz CT molecular complexity index is 436. The second-order valence-electron chi connectivity index (χ2n) is 7.48. The van der Waals surface area contributed by atoms with E-state index < -0.39 is 11.7 Å². The second kappa shape index (κ2) is 7.38. The fourth-order valence-corrected chi connectivity index (χ4v) is 3.35. The van der Waals surface area contributed by atoms with Gasteiger partial charge < -0.3 is 20.1 Å². The summed E-state index contributed by atoms with van der Waals surface area (Å²) in [4.78, 5) is 26.8. The molecule has 0 unspecified atom stereocenters. The molecule has 132 valence electrons. The molecule has 0 aliphatic carbocycles. The normalized spacial score (nSPS) is 26.7. The molecule has 0 aromatic rings. The number of rotatable bonds is 2. The van der Waals surface area contributed by atoms with Crippen LogP contribution in [0.15, 0.2) is 0 Å². The van der Waals surface area contributed by atoms with Gasteiger partial charge in [0.1, 0.15) is 5.60 Å². The van der Waals surface area contributed by atoms with Crippen LogP contribution in [0.25, 0.3) is 0 Å². The Kier molecular flexibility index (Phi) is 5.73. The van der Waals surface area contributed by atoms with E-state index >= 15 is 0 Å². The summed E-state index contributed by atoms with van der Waals surface area (Å²) < 4.78 is 5.30. The molecule has 7 heteroatoms. The number of ether oxygens (including phenoxy) is 1. The van der Waals surface area contributed by atoms with E-state index in [1.165, 1.54) is 4.90 Å². The Morgan fingerprint density at radius 3 is 2.52 bits per heavy atom. The van der Waals surface area contributed by atoms with Gasteiger partial charge >= 0.3 is 12.2 Å². The number of amides is 2. The van der Waals surface area contributed by atoms with Gasteiger partial charge in [0.05, 0.1) is 0 Å². The molecule has 0 saturated carbocycles. The Labute approximate surface area is 138 Å². The molecule has 2 rings (SSSR count). The molecule has 0 aromatic carbocycles. The predicted molar refractivity (Wildman–Crippen MR) is 86.6 cm³/mol. The van der Waals surface area contributed by atoms with Crippen LogP contribution in [0.1, 0.15) is 46.5 Å². The minimum atomic E-state index is -0.823. The zero-order valence-electron chi connectivity index (χ0n) is 14.4. The van der Waals surface area contributed by atoms with E-state index in [2.05, 4.69) is 10.2 Å². The SMILES string of the molecule is CC(C)(C)OC(=O)N[C@@H]1CCN([C@H]2CCCN(C(=O)O)CC2)C1. The lowest BCUT2D eigenvalue weighted by Crippen LogP contribution is -2.42. The second-order valence-corrected chi connectivity index (χ2v) is 7.48. The zero-order chi connectivity index (χ0) is 17.0. The summed E-state index contributed by atoms with van der Waals surface area (Å²) in [6.07, 6.45) is 2.52. The molecule has 7 nitrogen and oxygen atoms in total. The molecule has 0 aromatic heterocycles. The van der Waals surface area contributed by atoms with E-state index in [1.54, 1.807) is 0 Å². The van der Waals surface area contributed by atoms with Crippen LogP contribution in [0.4, 0.5) is 9.59 Å². The monoisotopic (exact) mass is 327 g/mol. The predicted octanol–water partition coefficient (Wildman–Crippen LogP) is 2.12. The number of carbonyl (C=O) groups is 2. The van der Waals surface area contributed by atoms with Crippen molar-refractivity contribution < 1.29 is 19.4 Å². The summed E-state index contributed by atoms with van der Waals surface area (Å²) in [6.45, 7) is 8.54. The summed E-state index contributed by atoms with van der Waals surface area (Å²) in [7, 11) is 0. The van der Waals surface area contributed by atoms with Gasteiger partial charge in [0, 0.05) is 38.3 Å². The van der Waals surface area contributed by atoms with Gasteiger partial charge in [-0.1, -0.05) is 0 Å². The van der Waals surface area contributed by atoms with Crippen molar-refractivity contribution in [1.29, 1.82) is 0 Å². The molecule has 0 spiro atoms. The quantitative estimate of drug-likeness (QED) is 0.812. The van der Waals surface area contributed by atoms with Crippen molar-refractivity contribution in [3.63, 3.8) is 0 Å². The third kappa shape index (κ3) is 5.57. The summed E-state index contributed by atoms with van der Waals surface area (Å²) in [5, 5.41) is 12.0. The molecule has 2 fully saturated rings. The topological polar surface area (TPSA) is 82.1 Å². The van der Waals surface area contributed by atoms with Crippen molar-refractivity contribution in [3.8, 4) is 0 Å². The highest BCUT2D eigenvalue weighted by Gasteiger charge is 2.31. The summed E-state index contributed by atoms with van der Waals surface area (Å²) in [6, 6.07) is 0.522. The first-order valence-corrected chi connectivity index (χ1v) is 8.46. The van der Waals surface area contributed by atoms with Crippen LogP contribution in [0.3, 0.4) is 0 Å². The van der Waals surface area contributed by atoms with E-state index in [-0.39, 0.29) is 12.1 Å². The lowest BCUT2D eigenvalue weighted by molar-refractivity contribution is 0.0504. The molecule has 0 radical (unpaired) electrons. The molecule has 2 atom stereocenters. The number of carbonyl (C=O) groups excluding carboxylic acids is 1. The molecule has 2 heterocycles. The Balaban J connectivity index is 1.78. The van der Waals surface area contributed by atoms with E-state index in [1.807, 2.05) is 20.8 Å². The van der Waals surface area contributed by atoms with Crippen LogP contribution in [-0.2, 0) is 4.74 Å². The van der Waals surface area contributed by atoms with Gasteiger partial charge in [-0.15, -0.1) is 0 Å². The van der Waals surface area contributed by atoms with Gasteiger partial charge in [-0.3, -0.25) is 4.90 Å². The first-order valence-electron chi connectivity index (χ1n) is 8.46. The number of likely N-dealkylation sites (tertiary alicyclic amines) is 2. The molecule has 2 saturated heterocycles. The van der Waals surface area contributed by atoms with Crippen molar-refractivity contribution in [1.82, 2.24) is 15.1 Å². The summed E-state index contributed by atoms with van der Waals surface area (Å²) >= 11 is 0. The number of carboxylic acid groups (broad SMARTS) is 1. The van der Waals surface area contributed by atoms with Gasteiger partial charge in [-0.2, -0.15) is 0 Å². The number of alkyl carbamates (subject to hydrolysis) is 1. The van der Waals surface area contributed by atoms with E-state index in [0.717, 1.165) is 38.8 Å². The molecule has 2 N–H and O–H groups in total. The molecular weight excluding hydrogens is 298 g/mol. The summed E-state index contributed by atoms with van der Waals surface area (Å²) in [5.41, 5.74) is -0.482. The smallest absolute Gasteiger partial charge is 0.407 e. The third-order valence-electron chi connectivity index (χ3n) is 4.43. The van der Waals surface area contributed by atoms with Crippen LogP contribution in [0.2, 0.25) is 0 Å². The van der Waals surface area contributed by atoms with Crippen molar-refractivity contribution in [3.05, 3.63) is 0 Å². The van der Waals surface area contributed by atoms with Crippen LogP contribution < -0.4 is 5.32 Å². The molecule has 2 aliphatic heterocycles. The maximum Gasteiger partial charge on any atom is 0.407 e. The fraction of sp³-hybridized carbons (Fsp3) is 0.875. The summed E-state index contributed by atoms with van der Waals surface area (Å²) in [5.74, 6) is 0. The van der Waals surface area contributed by atoms with Gasteiger partial charge in [0.2, 0.25) is 0 Å². The molecule has 0 bridgehead atoms. The lowest BCUT2D eigenvalue weighted by atomic mass is 10.1. The Morgan fingerprint density at radius 2 is 1.87 bits per heavy atom. The van der Waals surface area contributed by atoms with Crippen LogP contribution >= 0.6 is 0 Å². The largest absolute Gasteiger partial charge is 0.465 e. The van der Waals surface area contributed by atoms with Crippen LogP contribution in [-0.4, -0.2) is 71.0 Å². The van der Waals surface area contributed by atoms with E-state index in [0.29, 0.717) is 19.1 Å². The zero-order valence-corrected chi connectivity index (χ0v) is 14.4. The highest BCUT2D eigenvalue weighted by molar-refractivity contribution is 5.68. The third-order valence-corrected chi connectivity index (χ3v) is 4.43. The van der Waals surface area contributed by atoms with Crippen molar-refractivity contribution >= 4 is 12.2 Å². The minimum absolute atomic E-state index is 0.115. The molecule has 2 aliphatic rings. The Hall–Kier alpha value is -1.50. The fourth-order valence-electron chi connectivity index (χ4n) is 3.35. The van der Waals surface area contributed by atoms with Crippen molar-refractivity contribution in [2.24, 2.45) is 0 Å². The number of hydrogen-bond acceptors (Lipinski definition) is 4. The van der Waals surface area contributed by atoms with Gasteiger partial charge in [0.15, 0.2) is 0 Å². The maximum absolute atomic E-state index is 11.8. The number of hydrogen-bond donors (Lipinski definition) is 2. The average molecular weight is 327 g/mol. The number of nitrogens with zero attached hydrogens (tertiary/aromatic N) is 2. The van der Waals surface area contributed by atoms with Crippen LogP contribution in [0.5, 0.6) is 0 Å². The molecular formula is C16H29N3O4. The van der Waals surface area contributed by atoms with Crippen molar-refractivity contribution in [2.75, 3.05) is 26.2 Å². The van der Waals surface area contributed by atoms with E-state index in [4.69, 9.17) is 9.84 Å². The number of nitrogens with one attached hydrogen (secondary N) is 1.